The van der Waals surface area contributed by atoms with E-state index in [1.165, 1.54) is 24.6 Å². The lowest BCUT2D eigenvalue weighted by Gasteiger charge is -2.08. The van der Waals surface area contributed by atoms with Crippen LogP contribution in [0.3, 0.4) is 0 Å². The molecule has 1 aliphatic carbocycles. The average Bonchev–Trinajstić information content (AvgIpc) is 3.09. The molecule has 15 heavy (non-hydrogen) atoms. The first kappa shape index (κ1) is 10.4. The van der Waals surface area contributed by atoms with E-state index in [1.54, 1.807) is 18.5 Å². The van der Waals surface area contributed by atoms with E-state index < -0.39 is 0 Å². The molecule has 2 rings (SSSR count). The van der Waals surface area contributed by atoms with Gasteiger partial charge in [-0.3, -0.25) is 5.32 Å². The minimum atomic E-state index is -0.0914. The van der Waals surface area contributed by atoms with Crippen molar-refractivity contribution in [3.8, 4) is 6.07 Å². The molecule has 1 aromatic rings. The molecule has 78 valence electrons. The van der Waals surface area contributed by atoms with Gasteiger partial charge in [-0.15, -0.1) is 0 Å². The summed E-state index contributed by atoms with van der Waals surface area (Å²) in [7, 11) is 0. The molecule has 1 fully saturated rings. The van der Waals surface area contributed by atoms with Gasteiger partial charge in [0.1, 0.15) is 6.04 Å². The predicted molar refractivity (Wildman–Crippen MR) is 58.3 cm³/mol. The molecule has 1 unspecified atom stereocenters. The third kappa shape index (κ3) is 3.50. The normalized spacial score (nSPS) is 17.0. The second kappa shape index (κ2) is 5.10. The number of hydrogen-bond acceptors (Lipinski definition) is 5. The molecule has 0 saturated heterocycles. The van der Waals surface area contributed by atoms with E-state index >= 15 is 0 Å². The van der Waals surface area contributed by atoms with Gasteiger partial charge in [0.15, 0.2) is 5.16 Å². The summed E-state index contributed by atoms with van der Waals surface area (Å²) in [4.78, 5) is 8.19. The molecular weight excluding hydrogens is 208 g/mol. The Bertz CT molecular complexity index is 344. The van der Waals surface area contributed by atoms with Crippen molar-refractivity contribution in [3.63, 3.8) is 0 Å². The Labute approximate surface area is 93.1 Å². The molecule has 0 spiro atoms. The highest BCUT2D eigenvalue weighted by atomic mass is 32.2. The first-order valence-electron chi connectivity index (χ1n) is 4.94. The molecular formula is C10H12N4S. The molecule has 1 N–H and O–H groups in total. The quantitative estimate of drug-likeness (QED) is 0.597. The number of aromatic nitrogens is 2. The fraction of sp³-hybridized carbons (Fsp3) is 0.500. The van der Waals surface area contributed by atoms with Gasteiger partial charge in [0, 0.05) is 24.2 Å². The zero-order valence-electron chi connectivity index (χ0n) is 8.26. The lowest BCUT2D eigenvalue weighted by molar-refractivity contribution is 0.643. The molecule has 0 aliphatic heterocycles. The fourth-order valence-corrected chi connectivity index (χ4v) is 1.93. The van der Waals surface area contributed by atoms with Gasteiger partial charge in [-0.2, -0.15) is 5.26 Å². The summed E-state index contributed by atoms with van der Waals surface area (Å²) < 4.78 is 0. The maximum Gasteiger partial charge on any atom is 0.187 e. The molecule has 1 aliphatic rings. The van der Waals surface area contributed by atoms with Gasteiger partial charge in [-0.1, -0.05) is 11.8 Å². The Morgan fingerprint density at radius 2 is 2.27 bits per heavy atom. The van der Waals surface area contributed by atoms with Gasteiger partial charge in [0.05, 0.1) is 6.07 Å². The SMILES string of the molecule is N#CC(CSc1ncccn1)NC1CC1. The zero-order chi connectivity index (χ0) is 10.5. The highest BCUT2D eigenvalue weighted by molar-refractivity contribution is 7.99. The van der Waals surface area contributed by atoms with Crippen molar-refractivity contribution >= 4 is 11.8 Å². The molecule has 0 bridgehead atoms. The van der Waals surface area contributed by atoms with Crippen LogP contribution >= 0.6 is 11.8 Å². The largest absolute Gasteiger partial charge is 0.298 e. The third-order valence-electron chi connectivity index (χ3n) is 2.09. The van der Waals surface area contributed by atoms with E-state index in [0.717, 1.165) is 5.16 Å². The Morgan fingerprint density at radius 1 is 1.53 bits per heavy atom. The van der Waals surface area contributed by atoms with Crippen molar-refractivity contribution < 1.29 is 0 Å². The third-order valence-corrected chi connectivity index (χ3v) is 3.06. The van der Waals surface area contributed by atoms with Crippen LogP contribution in [0.5, 0.6) is 0 Å². The summed E-state index contributed by atoms with van der Waals surface area (Å²) in [5.74, 6) is 0.705. The summed E-state index contributed by atoms with van der Waals surface area (Å²) in [6, 6.07) is 4.51. The van der Waals surface area contributed by atoms with Crippen molar-refractivity contribution in [2.24, 2.45) is 0 Å². The van der Waals surface area contributed by atoms with Crippen molar-refractivity contribution in [3.05, 3.63) is 18.5 Å². The molecule has 1 heterocycles. The minimum Gasteiger partial charge on any atom is -0.298 e. The van der Waals surface area contributed by atoms with Crippen LogP contribution in [0, 0.1) is 11.3 Å². The van der Waals surface area contributed by atoms with Gasteiger partial charge in [-0.25, -0.2) is 9.97 Å². The minimum absolute atomic E-state index is 0.0914. The van der Waals surface area contributed by atoms with Gasteiger partial charge >= 0.3 is 0 Å². The lowest BCUT2D eigenvalue weighted by Crippen LogP contribution is -2.31. The Hall–Kier alpha value is -1.12. The van der Waals surface area contributed by atoms with Crippen LogP contribution in [0.15, 0.2) is 23.6 Å². The summed E-state index contributed by atoms with van der Waals surface area (Å²) >= 11 is 1.52. The van der Waals surface area contributed by atoms with Crippen molar-refractivity contribution in [1.82, 2.24) is 15.3 Å². The summed E-state index contributed by atoms with van der Waals surface area (Å²) in [6.45, 7) is 0. The van der Waals surface area contributed by atoms with Crippen LogP contribution in [0.2, 0.25) is 0 Å². The number of rotatable bonds is 5. The van der Waals surface area contributed by atoms with E-state index in [1.807, 2.05) is 0 Å². The molecule has 1 saturated carbocycles. The van der Waals surface area contributed by atoms with Crippen LogP contribution in [0.1, 0.15) is 12.8 Å². The number of nitrogens with zero attached hydrogens (tertiary/aromatic N) is 3. The van der Waals surface area contributed by atoms with Gasteiger partial charge in [0.25, 0.3) is 0 Å². The van der Waals surface area contributed by atoms with E-state index in [2.05, 4.69) is 21.4 Å². The second-order valence-electron chi connectivity index (χ2n) is 3.46. The van der Waals surface area contributed by atoms with E-state index in [9.17, 15) is 0 Å². The van der Waals surface area contributed by atoms with Gasteiger partial charge in [0.2, 0.25) is 0 Å². The molecule has 0 radical (unpaired) electrons. The number of hydrogen-bond donors (Lipinski definition) is 1. The summed E-state index contributed by atoms with van der Waals surface area (Å²) in [6.07, 6.45) is 5.82. The standard InChI is InChI=1S/C10H12N4S/c11-6-9(14-8-2-3-8)7-15-10-12-4-1-5-13-10/h1,4-5,8-9,14H,2-3,7H2. The van der Waals surface area contributed by atoms with Crippen molar-refractivity contribution in [1.29, 1.82) is 5.26 Å². The topological polar surface area (TPSA) is 61.6 Å². The smallest absolute Gasteiger partial charge is 0.187 e. The maximum atomic E-state index is 8.91. The number of thioether (sulfide) groups is 1. The van der Waals surface area contributed by atoms with Crippen LogP contribution in [0.25, 0.3) is 0 Å². The molecule has 1 atom stereocenters. The van der Waals surface area contributed by atoms with Crippen LogP contribution < -0.4 is 5.32 Å². The first-order chi connectivity index (χ1) is 7.38. The van der Waals surface area contributed by atoms with E-state index in [-0.39, 0.29) is 6.04 Å². The monoisotopic (exact) mass is 220 g/mol. The lowest BCUT2D eigenvalue weighted by atomic mass is 10.4. The van der Waals surface area contributed by atoms with E-state index in [0.29, 0.717) is 11.8 Å². The highest BCUT2D eigenvalue weighted by Gasteiger charge is 2.24. The van der Waals surface area contributed by atoms with Crippen molar-refractivity contribution in [2.45, 2.75) is 30.1 Å². The average molecular weight is 220 g/mol. The molecule has 0 aromatic carbocycles. The molecule has 1 aromatic heterocycles. The van der Waals surface area contributed by atoms with Crippen LogP contribution in [-0.2, 0) is 0 Å². The van der Waals surface area contributed by atoms with Crippen LogP contribution in [-0.4, -0.2) is 27.8 Å². The number of nitriles is 1. The van der Waals surface area contributed by atoms with Gasteiger partial charge in [-0.05, 0) is 18.9 Å². The highest BCUT2D eigenvalue weighted by Crippen LogP contribution is 2.21. The first-order valence-corrected chi connectivity index (χ1v) is 5.92. The molecule has 4 nitrogen and oxygen atoms in total. The number of nitrogens with one attached hydrogen (secondary N) is 1. The van der Waals surface area contributed by atoms with Gasteiger partial charge < -0.3 is 0 Å². The Kier molecular flexibility index (Phi) is 3.54. The predicted octanol–water partition coefficient (Wildman–Crippen LogP) is 1.21. The second-order valence-corrected chi connectivity index (χ2v) is 4.45. The van der Waals surface area contributed by atoms with Crippen molar-refractivity contribution in [2.75, 3.05) is 5.75 Å². The Balaban J connectivity index is 1.78. The van der Waals surface area contributed by atoms with E-state index in [4.69, 9.17) is 5.26 Å². The molecule has 5 heteroatoms. The zero-order valence-corrected chi connectivity index (χ0v) is 9.07. The van der Waals surface area contributed by atoms with Crippen LogP contribution in [0.4, 0.5) is 0 Å². The maximum absolute atomic E-state index is 8.91. The summed E-state index contributed by atoms with van der Waals surface area (Å²) in [5, 5.41) is 12.9. The fourth-order valence-electron chi connectivity index (χ4n) is 1.17. The molecule has 0 amide bonds. The Morgan fingerprint density at radius 3 is 2.87 bits per heavy atom. The summed E-state index contributed by atoms with van der Waals surface area (Å²) in [5.41, 5.74) is 0.